The number of H-pyrrole nitrogens is 1. The summed E-state index contributed by atoms with van der Waals surface area (Å²) >= 11 is 0. The van der Waals surface area contributed by atoms with Crippen molar-refractivity contribution < 1.29 is 4.79 Å². The molecule has 2 heterocycles. The fraction of sp³-hybridized carbons (Fsp3) is 0.227. The number of carbonyl (C=O) groups is 1. The molecular formula is C22H24N4O2. The van der Waals surface area contributed by atoms with Gasteiger partial charge in [-0.05, 0) is 41.3 Å². The van der Waals surface area contributed by atoms with E-state index in [0.29, 0.717) is 22.6 Å². The Kier molecular flexibility index (Phi) is 5.31. The van der Waals surface area contributed by atoms with E-state index in [1.807, 2.05) is 30.3 Å². The van der Waals surface area contributed by atoms with Crippen molar-refractivity contribution >= 4 is 17.4 Å². The normalized spacial score (nSPS) is 11.1. The second-order valence-electron chi connectivity index (χ2n) is 7.57. The van der Waals surface area contributed by atoms with E-state index >= 15 is 0 Å². The van der Waals surface area contributed by atoms with Crippen molar-refractivity contribution in [1.29, 1.82) is 0 Å². The molecule has 3 N–H and O–H groups in total. The van der Waals surface area contributed by atoms with Crippen LogP contribution in [0.1, 0.15) is 36.7 Å². The molecule has 1 aromatic carbocycles. The first-order valence-corrected chi connectivity index (χ1v) is 9.08. The van der Waals surface area contributed by atoms with Gasteiger partial charge in [-0.3, -0.25) is 9.59 Å². The van der Waals surface area contributed by atoms with Crippen molar-refractivity contribution in [2.45, 2.75) is 26.2 Å². The van der Waals surface area contributed by atoms with Gasteiger partial charge in [0.15, 0.2) is 0 Å². The van der Waals surface area contributed by atoms with Crippen molar-refractivity contribution in [2.75, 3.05) is 17.7 Å². The number of pyridine rings is 2. The number of nitrogens with one attached hydrogen (secondary N) is 3. The summed E-state index contributed by atoms with van der Waals surface area (Å²) in [6.07, 6.45) is 1.58. The number of anilines is 2. The molecule has 3 aromatic rings. The Morgan fingerprint density at radius 1 is 1.07 bits per heavy atom. The number of carbonyl (C=O) groups excluding carboxylic acids is 1. The smallest absolute Gasteiger partial charge is 0.271 e. The zero-order valence-corrected chi connectivity index (χ0v) is 16.5. The lowest BCUT2D eigenvalue weighted by Crippen LogP contribution is -2.20. The fourth-order valence-corrected chi connectivity index (χ4v) is 2.78. The molecule has 0 aliphatic heterocycles. The van der Waals surface area contributed by atoms with Gasteiger partial charge in [0, 0.05) is 24.4 Å². The molecule has 3 rings (SSSR count). The minimum absolute atomic E-state index is 0.00929. The first-order chi connectivity index (χ1) is 13.3. The zero-order chi connectivity index (χ0) is 20.3. The topological polar surface area (TPSA) is 86.9 Å². The maximum Gasteiger partial charge on any atom is 0.271 e. The highest BCUT2D eigenvalue weighted by Gasteiger charge is 2.15. The number of rotatable bonds is 4. The third-order valence-corrected chi connectivity index (χ3v) is 4.47. The summed E-state index contributed by atoms with van der Waals surface area (Å²) in [7, 11) is 1.79. The van der Waals surface area contributed by atoms with Crippen LogP contribution in [0.3, 0.4) is 0 Å². The van der Waals surface area contributed by atoms with Crippen LogP contribution < -0.4 is 16.2 Å². The number of aromatic nitrogens is 2. The molecule has 6 heteroatoms. The lowest BCUT2D eigenvalue weighted by atomic mass is 9.87. The second-order valence-corrected chi connectivity index (χ2v) is 7.57. The van der Waals surface area contributed by atoms with Crippen LogP contribution >= 0.6 is 0 Å². The van der Waals surface area contributed by atoms with Crippen LogP contribution in [0.5, 0.6) is 0 Å². The van der Waals surface area contributed by atoms with Gasteiger partial charge >= 0.3 is 0 Å². The van der Waals surface area contributed by atoms with Crippen LogP contribution in [0.25, 0.3) is 11.3 Å². The van der Waals surface area contributed by atoms with Crippen LogP contribution in [-0.4, -0.2) is 22.9 Å². The SMILES string of the molecule is CNc1cccc(-c2c[nH]c(=O)c(NC(=O)c3ccc(C(C)(C)C)cc3)c2)n1. The Morgan fingerprint density at radius 3 is 2.43 bits per heavy atom. The number of aromatic amines is 1. The third-order valence-electron chi connectivity index (χ3n) is 4.47. The van der Waals surface area contributed by atoms with Gasteiger partial charge in [0.05, 0.1) is 5.69 Å². The highest BCUT2D eigenvalue weighted by atomic mass is 16.2. The van der Waals surface area contributed by atoms with Gasteiger partial charge in [-0.15, -0.1) is 0 Å². The summed E-state index contributed by atoms with van der Waals surface area (Å²) in [5, 5.41) is 5.68. The van der Waals surface area contributed by atoms with Crippen molar-refractivity contribution in [2.24, 2.45) is 0 Å². The summed E-state index contributed by atoms with van der Waals surface area (Å²) in [4.78, 5) is 31.9. The summed E-state index contributed by atoms with van der Waals surface area (Å²) in [5.74, 6) is 0.383. The molecule has 0 spiro atoms. The van der Waals surface area contributed by atoms with E-state index in [1.54, 1.807) is 31.4 Å². The van der Waals surface area contributed by atoms with E-state index in [0.717, 1.165) is 5.56 Å². The van der Waals surface area contributed by atoms with Crippen LogP contribution in [0.2, 0.25) is 0 Å². The molecule has 0 fully saturated rings. The summed E-state index contributed by atoms with van der Waals surface area (Å²) in [6, 6.07) is 14.6. The average Bonchev–Trinajstić information content (AvgIpc) is 2.69. The van der Waals surface area contributed by atoms with E-state index in [4.69, 9.17) is 0 Å². The fourth-order valence-electron chi connectivity index (χ4n) is 2.78. The monoisotopic (exact) mass is 376 g/mol. The van der Waals surface area contributed by atoms with Crippen LogP contribution in [0, 0.1) is 0 Å². The standard InChI is InChI=1S/C22H24N4O2/c1-22(2,3)16-10-8-14(9-11-16)20(27)26-18-12-15(13-24-21(18)28)17-6-5-7-19(23-4)25-17/h5-13H,1-4H3,(H,23,25)(H,24,28)(H,26,27). The molecule has 6 nitrogen and oxygen atoms in total. The van der Waals surface area contributed by atoms with Gasteiger partial charge in [-0.25, -0.2) is 4.98 Å². The number of hydrogen-bond acceptors (Lipinski definition) is 4. The Balaban J connectivity index is 1.85. The molecule has 0 atom stereocenters. The van der Waals surface area contributed by atoms with E-state index in [9.17, 15) is 9.59 Å². The quantitative estimate of drug-likeness (QED) is 0.642. The number of amides is 1. The Morgan fingerprint density at radius 2 is 1.79 bits per heavy atom. The predicted molar refractivity (Wildman–Crippen MR) is 113 cm³/mol. The van der Waals surface area contributed by atoms with Crippen molar-refractivity contribution in [3.05, 3.63) is 76.2 Å². The highest BCUT2D eigenvalue weighted by molar-refractivity contribution is 6.04. The maximum atomic E-state index is 12.6. The van der Waals surface area contributed by atoms with E-state index in [-0.39, 0.29) is 22.6 Å². The molecule has 0 unspecified atom stereocenters. The van der Waals surface area contributed by atoms with Crippen LogP contribution in [0.15, 0.2) is 59.5 Å². The number of benzene rings is 1. The highest BCUT2D eigenvalue weighted by Crippen LogP contribution is 2.23. The molecule has 2 aromatic heterocycles. The summed E-state index contributed by atoms with van der Waals surface area (Å²) < 4.78 is 0. The van der Waals surface area contributed by atoms with E-state index in [2.05, 4.69) is 41.4 Å². The second kappa shape index (κ2) is 7.68. The molecule has 1 amide bonds. The van der Waals surface area contributed by atoms with E-state index in [1.165, 1.54) is 0 Å². The molecule has 0 saturated carbocycles. The minimum atomic E-state index is -0.367. The predicted octanol–water partition coefficient (Wildman–Crippen LogP) is 4.03. The molecule has 0 aliphatic carbocycles. The van der Waals surface area contributed by atoms with Gasteiger partial charge < -0.3 is 15.6 Å². The number of hydrogen-bond donors (Lipinski definition) is 3. The molecule has 28 heavy (non-hydrogen) atoms. The third kappa shape index (κ3) is 4.28. The minimum Gasteiger partial charge on any atom is -0.373 e. The Hall–Kier alpha value is -3.41. The molecular weight excluding hydrogens is 352 g/mol. The Labute approximate surface area is 164 Å². The van der Waals surface area contributed by atoms with Crippen molar-refractivity contribution in [3.8, 4) is 11.3 Å². The van der Waals surface area contributed by atoms with Crippen molar-refractivity contribution in [1.82, 2.24) is 9.97 Å². The molecule has 144 valence electrons. The van der Waals surface area contributed by atoms with Crippen LogP contribution in [0.4, 0.5) is 11.5 Å². The first kappa shape index (κ1) is 19.4. The lowest BCUT2D eigenvalue weighted by molar-refractivity contribution is 0.102. The van der Waals surface area contributed by atoms with Gasteiger partial charge in [0.1, 0.15) is 11.5 Å². The molecule has 0 aliphatic rings. The van der Waals surface area contributed by atoms with Gasteiger partial charge in [0.25, 0.3) is 11.5 Å². The molecule has 0 saturated heterocycles. The zero-order valence-electron chi connectivity index (χ0n) is 16.5. The van der Waals surface area contributed by atoms with Crippen molar-refractivity contribution in [3.63, 3.8) is 0 Å². The van der Waals surface area contributed by atoms with Gasteiger partial charge in [-0.1, -0.05) is 39.0 Å². The summed E-state index contributed by atoms with van der Waals surface area (Å²) in [5.41, 5.74) is 2.85. The molecule has 0 bridgehead atoms. The van der Waals surface area contributed by atoms with Gasteiger partial charge in [0.2, 0.25) is 0 Å². The van der Waals surface area contributed by atoms with E-state index < -0.39 is 0 Å². The van der Waals surface area contributed by atoms with Crippen LogP contribution in [-0.2, 0) is 5.41 Å². The summed E-state index contributed by atoms with van der Waals surface area (Å²) in [6.45, 7) is 6.35. The average molecular weight is 376 g/mol. The largest absolute Gasteiger partial charge is 0.373 e. The Bertz CT molecular complexity index is 1050. The maximum absolute atomic E-state index is 12.6. The first-order valence-electron chi connectivity index (χ1n) is 9.08. The van der Waals surface area contributed by atoms with Gasteiger partial charge in [-0.2, -0.15) is 0 Å². The lowest BCUT2D eigenvalue weighted by Gasteiger charge is -2.19. The molecule has 0 radical (unpaired) electrons. The number of nitrogens with zero attached hydrogens (tertiary/aromatic N) is 1.